The third kappa shape index (κ3) is 1.48. The summed E-state index contributed by atoms with van der Waals surface area (Å²) in [5.41, 5.74) is 1.66. The van der Waals surface area contributed by atoms with Gasteiger partial charge in [-0.3, -0.25) is 0 Å². The Bertz CT molecular complexity index is 368. The molecule has 4 nitrogen and oxygen atoms in total. The van der Waals surface area contributed by atoms with E-state index in [0.29, 0.717) is 0 Å². The average molecular weight is 204 g/mol. The van der Waals surface area contributed by atoms with Crippen LogP contribution in [-0.2, 0) is 6.42 Å². The lowest BCUT2D eigenvalue weighted by Gasteiger charge is -2.39. The van der Waals surface area contributed by atoms with Crippen LogP contribution in [0.1, 0.15) is 32.0 Å². The van der Waals surface area contributed by atoms with Crippen LogP contribution in [0.4, 0.5) is 0 Å². The summed E-state index contributed by atoms with van der Waals surface area (Å²) in [6.07, 6.45) is 7.44. The predicted octanol–water partition coefficient (Wildman–Crippen LogP) is 1.73. The van der Waals surface area contributed by atoms with Crippen molar-refractivity contribution in [3.05, 3.63) is 17.5 Å². The minimum absolute atomic E-state index is 0.772. The first-order valence-corrected chi connectivity index (χ1v) is 5.79. The van der Waals surface area contributed by atoms with Crippen LogP contribution >= 0.6 is 0 Å². The SMILES string of the molecule is CCC1=C[C@H]2C(Cc3nnn[nH]3)C[C@H]2C1. The zero-order valence-electron chi connectivity index (χ0n) is 8.98. The predicted molar refractivity (Wildman–Crippen MR) is 56.0 cm³/mol. The lowest BCUT2D eigenvalue weighted by molar-refractivity contribution is 0.127. The molecule has 0 spiro atoms. The van der Waals surface area contributed by atoms with Crippen LogP contribution in [0, 0.1) is 17.8 Å². The summed E-state index contributed by atoms with van der Waals surface area (Å²) in [6.45, 7) is 2.26. The van der Waals surface area contributed by atoms with Crippen molar-refractivity contribution in [3.8, 4) is 0 Å². The number of fused-ring (bicyclic) bond motifs is 1. The molecular weight excluding hydrogens is 188 g/mol. The third-order valence-electron chi connectivity index (χ3n) is 3.95. The van der Waals surface area contributed by atoms with Crippen LogP contribution in [0.2, 0.25) is 0 Å². The molecule has 3 atom stereocenters. The van der Waals surface area contributed by atoms with Crippen LogP contribution in [-0.4, -0.2) is 20.6 Å². The number of nitrogens with zero attached hydrogens (tertiary/aromatic N) is 3. The van der Waals surface area contributed by atoms with Crippen LogP contribution in [0.3, 0.4) is 0 Å². The molecule has 80 valence electrons. The topological polar surface area (TPSA) is 54.5 Å². The van der Waals surface area contributed by atoms with Crippen molar-refractivity contribution < 1.29 is 0 Å². The lowest BCUT2D eigenvalue weighted by Crippen LogP contribution is -2.34. The van der Waals surface area contributed by atoms with Gasteiger partial charge in [0.05, 0.1) is 0 Å². The van der Waals surface area contributed by atoms with E-state index in [1.54, 1.807) is 5.57 Å². The number of allylic oxidation sites excluding steroid dienone is 2. The second-order valence-corrected chi connectivity index (χ2v) is 4.77. The molecule has 0 radical (unpaired) electrons. The second-order valence-electron chi connectivity index (χ2n) is 4.77. The molecule has 0 aliphatic heterocycles. The molecule has 0 aromatic carbocycles. The van der Waals surface area contributed by atoms with E-state index >= 15 is 0 Å². The van der Waals surface area contributed by atoms with Gasteiger partial charge in [-0.1, -0.05) is 18.6 Å². The molecule has 0 saturated heterocycles. The number of hydrogen-bond acceptors (Lipinski definition) is 3. The summed E-state index contributed by atoms with van der Waals surface area (Å²) in [6, 6.07) is 0. The lowest BCUT2D eigenvalue weighted by atomic mass is 9.65. The van der Waals surface area contributed by atoms with Gasteiger partial charge in [0.2, 0.25) is 0 Å². The molecule has 4 heteroatoms. The minimum Gasteiger partial charge on any atom is -0.243 e. The summed E-state index contributed by atoms with van der Waals surface area (Å²) in [7, 11) is 0. The number of hydrogen-bond donors (Lipinski definition) is 1. The Morgan fingerprint density at radius 3 is 3.20 bits per heavy atom. The Hall–Kier alpha value is -1.19. The van der Waals surface area contributed by atoms with E-state index in [4.69, 9.17) is 0 Å². The smallest absolute Gasteiger partial charge is 0.148 e. The highest BCUT2D eigenvalue weighted by atomic mass is 15.5. The molecule has 3 rings (SSSR count). The fraction of sp³-hybridized carbons (Fsp3) is 0.727. The Morgan fingerprint density at radius 1 is 1.53 bits per heavy atom. The summed E-state index contributed by atoms with van der Waals surface area (Å²) in [5, 5.41) is 14.0. The minimum atomic E-state index is 0.772. The van der Waals surface area contributed by atoms with Crippen molar-refractivity contribution in [1.82, 2.24) is 20.6 Å². The maximum absolute atomic E-state index is 3.95. The highest BCUT2D eigenvalue weighted by molar-refractivity contribution is 5.19. The van der Waals surface area contributed by atoms with Crippen LogP contribution < -0.4 is 0 Å². The van der Waals surface area contributed by atoms with E-state index in [2.05, 4.69) is 33.6 Å². The van der Waals surface area contributed by atoms with E-state index < -0.39 is 0 Å². The molecule has 2 aliphatic rings. The number of aromatic amines is 1. The van der Waals surface area contributed by atoms with Gasteiger partial charge in [-0.2, -0.15) is 0 Å². The zero-order chi connectivity index (χ0) is 10.3. The molecule has 2 aliphatic carbocycles. The fourth-order valence-corrected chi connectivity index (χ4v) is 3.06. The van der Waals surface area contributed by atoms with Gasteiger partial charge < -0.3 is 0 Å². The first-order chi connectivity index (χ1) is 7.36. The third-order valence-corrected chi connectivity index (χ3v) is 3.95. The number of nitrogens with one attached hydrogen (secondary N) is 1. The summed E-state index contributed by atoms with van der Waals surface area (Å²) < 4.78 is 0. The Morgan fingerprint density at radius 2 is 2.47 bits per heavy atom. The standard InChI is InChI=1S/C11H16N4/c1-2-7-3-8-5-9(10(8)4-7)6-11-12-14-15-13-11/h4,8-10H,2-3,5-6H2,1H3,(H,12,13,14,15)/t8-,9?,10-/m1/s1. The number of H-pyrrole nitrogens is 1. The van der Waals surface area contributed by atoms with Gasteiger partial charge in [-0.25, -0.2) is 5.10 Å². The number of rotatable bonds is 3. The van der Waals surface area contributed by atoms with E-state index in [1.807, 2.05) is 0 Å². The highest BCUT2D eigenvalue weighted by Gasteiger charge is 2.43. The molecule has 0 bridgehead atoms. The Labute approximate surface area is 89.2 Å². The molecule has 1 aromatic rings. The van der Waals surface area contributed by atoms with Gasteiger partial charge in [0.15, 0.2) is 0 Å². The van der Waals surface area contributed by atoms with E-state index in [0.717, 1.165) is 30.0 Å². The first-order valence-electron chi connectivity index (χ1n) is 5.79. The van der Waals surface area contributed by atoms with Gasteiger partial charge >= 0.3 is 0 Å². The maximum Gasteiger partial charge on any atom is 0.148 e. The number of aromatic nitrogens is 4. The normalized spacial score (nSPS) is 33.4. The van der Waals surface area contributed by atoms with Crippen LogP contribution in [0.25, 0.3) is 0 Å². The van der Waals surface area contributed by atoms with Crippen molar-refractivity contribution in [2.75, 3.05) is 0 Å². The summed E-state index contributed by atoms with van der Waals surface area (Å²) in [4.78, 5) is 0. The van der Waals surface area contributed by atoms with Crippen molar-refractivity contribution in [2.24, 2.45) is 17.8 Å². The highest BCUT2D eigenvalue weighted by Crippen LogP contribution is 2.51. The first kappa shape index (κ1) is 9.07. The number of tetrazole rings is 1. The van der Waals surface area contributed by atoms with Crippen molar-refractivity contribution >= 4 is 0 Å². The summed E-state index contributed by atoms with van der Waals surface area (Å²) >= 11 is 0. The molecule has 1 saturated carbocycles. The van der Waals surface area contributed by atoms with Gasteiger partial charge in [0.1, 0.15) is 5.82 Å². The zero-order valence-corrected chi connectivity index (χ0v) is 8.98. The van der Waals surface area contributed by atoms with E-state index in [1.165, 1.54) is 19.3 Å². The summed E-state index contributed by atoms with van der Waals surface area (Å²) in [5.74, 6) is 3.46. The van der Waals surface area contributed by atoms with Crippen LogP contribution in [0.15, 0.2) is 11.6 Å². The molecule has 15 heavy (non-hydrogen) atoms. The van der Waals surface area contributed by atoms with Crippen molar-refractivity contribution in [1.29, 1.82) is 0 Å². The molecule has 1 heterocycles. The second kappa shape index (κ2) is 3.43. The van der Waals surface area contributed by atoms with Gasteiger partial charge in [-0.15, -0.1) is 5.10 Å². The van der Waals surface area contributed by atoms with E-state index in [-0.39, 0.29) is 0 Å². The average Bonchev–Trinajstić information content (AvgIpc) is 2.82. The molecule has 1 aromatic heterocycles. The quantitative estimate of drug-likeness (QED) is 0.763. The Kier molecular flexibility index (Phi) is 2.08. The molecule has 1 fully saturated rings. The van der Waals surface area contributed by atoms with Gasteiger partial charge in [0.25, 0.3) is 0 Å². The molecule has 0 amide bonds. The largest absolute Gasteiger partial charge is 0.243 e. The maximum atomic E-state index is 3.95. The molecule has 1 unspecified atom stereocenters. The monoisotopic (exact) mass is 204 g/mol. The molecule has 1 N–H and O–H groups in total. The Balaban J connectivity index is 1.65. The van der Waals surface area contributed by atoms with Crippen molar-refractivity contribution in [3.63, 3.8) is 0 Å². The van der Waals surface area contributed by atoms with Gasteiger partial charge in [-0.05, 0) is 47.4 Å². The van der Waals surface area contributed by atoms with Gasteiger partial charge in [0, 0.05) is 6.42 Å². The molecular formula is C11H16N4. The van der Waals surface area contributed by atoms with Crippen molar-refractivity contribution in [2.45, 2.75) is 32.6 Å². The fourth-order valence-electron chi connectivity index (χ4n) is 3.06. The van der Waals surface area contributed by atoms with Crippen LogP contribution in [0.5, 0.6) is 0 Å². The van der Waals surface area contributed by atoms with E-state index in [9.17, 15) is 0 Å².